The van der Waals surface area contributed by atoms with Crippen LogP contribution in [0, 0.1) is 11.3 Å². The van der Waals surface area contributed by atoms with Gasteiger partial charge >= 0.3 is 6.09 Å². The molecule has 0 bridgehead atoms. The third kappa shape index (κ3) is 3.51. The van der Waals surface area contributed by atoms with Gasteiger partial charge in [-0.1, -0.05) is 20.8 Å². The lowest BCUT2D eigenvalue weighted by atomic mass is 9.85. The molecule has 4 nitrogen and oxygen atoms in total. The molecule has 0 aromatic heterocycles. The molecule has 1 N–H and O–H groups in total. The SMILES string of the molecule is CC(C)(C)c1cc(C#N)cc(N(C(=O)O)C(C)(C)C)c1. The van der Waals surface area contributed by atoms with Crippen LogP contribution in [-0.2, 0) is 5.41 Å². The third-order valence-electron chi connectivity index (χ3n) is 3.03. The standard InChI is InChI=1S/C16H22N2O2/c1-15(2,3)12-7-11(10-17)8-13(9-12)18(14(19)20)16(4,5)6/h7-9H,1-6H3,(H,19,20). The lowest BCUT2D eigenvalue weighted by molar-refractivity contribution is 0.195. The molecule has 0 spiro atoms. The molecule has 0 saturated heterocycles. The molecule has 0 fully saturated rings. The van der Waals surface area contributed by atoms with Crippen molar-refractivity contribution in [2.45, 2.75) is 52.5 Å². The Balaban J connectivity index is 3.52. The van der Waals surface area contributed by atoms with Gasteiger partial charge in [-0.15, -0.1) is 0 Å². The van der Waals surface area contributed by atoms with Crippen molar-refractivity contribution in [2.24, 2.45) is 0 Å². The second-order valence-corrected chi connectivity index (χ2v) is 6.92. The first kappa shape index (κ1) is 16.0. The average molecular weight is 274 g/mol. The van der Waals surface area contributed by atoms with Crippen LogP contribution < -0.4 is 4.90 Å². The maximum atomic E-state index is 11.6. The van der Waals surface area contributed by atoms with Gasteiger partial charge in [0.2, 0.25) is 0 Å². The summed E-state index contributed by atoms with van der Waals surface area (Å²) in [5, 5.41) is 18.6. The number of rotatable bonds is 1. The Morgan fingerprint density at radius 3 is 2.05 bits per heavy atom. The lowest BCUT2D eigenvalue weighted by Crippen LogP contribution is -2.45. The molecular formula is C16H22N2O2. The lowest BCUT2D eigenvalue weighted by Gasteiger charge is -2.34. The molecule has 1 aromatic rings. The molecule has 20 heavy (non-hydrogen) atoms. The fourth-order valence-corrected chi connectivity index (χ4v) is 2.02. The van der Waals surface area contributed by atoms with Crippen LogP contribution in [0.3, 0.4) is 0 Å². The number of anilines is 1. The second-order valence-electron chi connectivity index (χ2n) is 6.92. The molecule has 0 unspecified atom stereocenters. The van der Waals surface area contributed by atoms with Gasteiger partial charge in [-0.3, -0.25) is 4.90 Å². The van der Waals surface area contributed by atoms with Crippen LogP contribution in [0.2, 0.25) is 0 Å². The highest BCUT2D eigenvalue weighted by atomic mass is 16.4. The summed E-state index contributed by atoms with van der Waals surface area (Å²) in [4.78, 5) is 12.8. The van der Waals surface area contributed by atoms with Gasteiger partial charge in [-0.25, -0.2) is 4.79 Å². The number of carbonyl (C=O) groups is 1. The highest BCUT2D eigenvalue weighted by Gasteiger charge is 2.29. The van der Waals surface area contributed by atoms with E-state index >= 15 is 0 Å². The van der Waals surface area contributed by atoms with E-state index in [0.29, 0.717) is 11.3 Å². The first-order valence-corrected chi connectivity index (χ1v) is 6.55. The Hall–Kier alpha value is -2.02. The topological polar surface area (TPSA) is 64.3 Å². The fourth-order valence-electron chi connectivity index (χ4n) is 2.02. The average Bonchev–Trinajstić information content (AvgIpc) is 2.24. The van der Waals surface area contributed by atoms with Crippen LogP contribution in [-0.4, -0.2) is 16.7 Å². The third-order valence-corrected chi connectivity index (χ3v) is 3.03. The van der Waals surface area contributed by atoms with Gasteiger partial charge in [0.05, 0.1) is 11.6 Å². The van der Waals surface area contributed by atoms with Gasteiger partial charge in [0, 0.05) is 11.2 Å². The molecule has 108 valence electrons. The van der Waals surface area contributed by atoms with Crippen molar-refractivity contribution >= 4 is 11.8 Å². The highest BCUT2D eigenvalue weighted by Crippen LogP contribution is 2.31. The van der Waals surface area contributed by atoms with E-state index in [1.54, 1.807) is 6.07 Å². The molecule has 1 rings (SSSR count). The molecule has 1 amide bonds. The second kappa shape index (κ2) is 5.16. The zero-order valence-corrected chi connectivity index (χ0v) is 13.0. The number of hydrogen-bond donors (Lipinski definition) is 1. The number of nitriles is 1. The Kier molecular flexibility index (Phi) is 4.14. The first-order chi connectivity index (χ1) is 8.96. The van der Waals surface area contributed by atoms with Crippen molar-refractivity contribution in [3.63, 3.8) is 0 Å². The van der Waals surface area contributed by atoms with Crippen molar-refractivity contribution in [3.8, 4) is 6.07 Å². The number of nitrogens with zero attached hydrogens (tertiary/aromatic N) is 2. The molecule has 0 atom stereocenters. The summed E-state index contributed by atoms with van der Waals surface area (Å²) in [5.41, 5.74) is 1.23. The minimum Gasteiger partial charge on any atom is -0.465 e. The summed E-state index contributed by atoms with van der Waals surface area (Å²) in [5.74, 6) is 0. The number of benzene rings is 1. The van der Waals surface area contributed by atoms with Crippen LogP contribution in [0.25, 0.3) is 0 Å². The summed E-state index contributed by atoms with van der Waals surface area (Å²) in [6, 6.07) is 7.38. The molecule has 0 heterocycles. The van der Waals surface area contributed by atoms with E-state index in [2.05, 4.69) is 6.07 Å². The maximum absolute atomic E-state index is 11.6. The Labute approximate surface area is 120 Å². The van der Waals surface area contributed by atoms with Crippen LogP contribution in [0.4, 0.5) is 10.5 Å². The van der Waals surface area contributed by atoms with E-state index in [4.69, 9.17) is 5.26 Å². The van der Waals surface area contributed by atoms with Crippen molar-refractivity contribution in [1.29, 1.82) is 5.26 Å². The minimum absolute atomic E-state index is 0.149. The van der Waals surface area contributed by atoms with Gasteiger partial charge in [-0.05, 0) is 49.9 Å². The predicted molar refractivity (Wildman–Crippen MR) is 80.1 cm³/mol. The fraction of sp³-hybridized carbons (Fsp3) is 0.500. The summed E-state index contributed by atoms with van der Waals surface area (Å²) in [6.45, 7) is 11.6. The highest BCUT2D eigenvalue weighted by molar-refractivity contribution is 5.88. The van der Waals surface area contributed by atoms with E-state index in [9.17, 15) is 9.90 Å². The van der Waals surface area contributed by atoms with Crippen LogP contribution in [0.5, 0.6) is 0 Å². The van der Waals surface area contributed by atoms with E-state index in [1.807, 2.05) is 53.7 Å². The zero-order valence-electron chi connectivity index (χ0n) is 13.0. The van der Waals surface area contributed by atoms with Crippen LogP contribution in [0.1, 0.15) is 52.7 Å². The van der Waals surface area contributed by atoms with Crippen LogP contribution in [0.15, 0.2) is 18.2 Å². The van der Waals surface area contributed by atoms with Crippen molar-refractivity contribution < 1.29 is 9.90 Å². The largest absolute Gasteiger partial charge is 0.465 e. The molecule has 4 heteroatoms. The summed E-state index contributed by atoms with van der Waals surface area (Å²) < 4.78 is 0. The molecule has 0 aliphatic rings. The Morgan fingerprint density at radius 2 is 1.70 bits per heavy atom. The summed E-state index contributed by atoms with van der Waals surface area (Å²) in [7, 11) is 0. The Bertz CT molecular complexity index is 557. The molecule has 0 saturated carbocycles. The Morgan fingerprint density at radius 1 is 1.15 bits per heavy atom. The van der Waals surface area contributed by atoms with Gasteiger partial charge in [0.1, 0.15) is 0 Å². The summed E-state index contributed by atoms with van der Waals surface area (Å²) >= 11 is 0. The molecule has 0 aliphatic carbocycles. The van der Waals surface area contributed by atoms with Crippen molar-refractivity contribution in [3.05, 3.63) is 29.3 Å². The van der Waals surface area contributed by atoms with Crippen molar-refractivity contribution in [2.75, 3.05) is 4.90 Å². The predicted octanol–water partition coefficient (Wildman–Crippen LogP) is 4.14. The molecule has 0 aliphatic heterocycles. The monoisotopic (exact) mass is 274 g/mol. The van der Waals surface area contributed by atoms with Gasteiger partial charge < -0.3 is 5.11 Å². The van der Waals surface area contributed by atoms with Crippen molar-refractivity contribution in [1.82, 2.24) is 0 Å². The first-order valence-electron chi connectivity index (χ1n) is 6.55. The maximum Gasteiger partial charge on any atom is 0.412 e. The molecular weight excluding hydrogens is 252 g/mol. The summed E-state index contributed by atoms with van der Waals surface area (Å²) in [6.07, 6.45) is -1.02. The van der Waals surface area contributed by atoms with E-state index in [1.165, 1.54) is 4.90 Å². The van der Waals surface area contributed by atoms with E-state index in [0.717, 1.165) is 5.56 Å². The van der Waals surface area contributed by atoms with Gasteiger partial charge in [0.25, 0.3) is 0 Å². The minimum atomic E-state index is -1.02. The van der Waals surface area contributed by atoms with E-state index < -0.39 is 11.6 Å². The smallest absolute Gasteiger partial charge is 0.412 e. The molecule has 0 radical (unpaired) electrons. The van der Waals surface area contributed by atoms with Crippen LogP contribution >= 0.6 is 0 Å². The normalized spacial score (nSPS) is 11.8. The zero-order chi connectivity index (χ0) is 15.7. The van der Waals surface area contributed by atoms with E-state index in [-0.39, 0.29) is 5.41 Å². The number of hydrogen-bond acceptors (Lipinski definition) is 2. The number of carboxylic acid groups (broad SMARTS) is 1. The quantitative estimate of drug-likeness (QED) is 0.837. The van der Waals surface area contributed by atoms with Gasteiger partial charge in [0.15, 0.2) is 0 Å². The number of amides is 1. The molecule has 1 aromatic carbocycles. The van der Waals surface area contributed by atoms with Gasteiger partial charge in [-0.2, -0.15) is 5.26 Å².